The maximum absolute atomic E-state index is 11.2. The summed E-state index contributed by atoms with van der Waals surface area (Å²) < 4.78 is 9.99. The molecule has 2 rings (SSSR count). The minimum atomic E-state index is -1.18. The van der Waals surface area contributed by atoms with E-state index in [2.05, 4.69) is 10.2 Å². The lowest BCUT2D eigenvalue weighted by atomic mass is 10.1. The molecule has 0 aliphatic heterocycles. The molecule has 1 N–H and O–H groups in total. The molecule has 2 aromatic heterocycles. The van der Waals surface area contributed by atoms with Crippen LogP contribution in [0, 0.1) is 0 Å². The van der Waals surface area contributed by atoms with Crippen LogP contribution in [0.2, 0.25) is 5.22 Å². The Morgan fingerprint density at radius 3 is 2.82 bits per heavy atom. The van der Waals surface area contributed by atoms with Crippen molar-refractivity contribution >= 4 is 17.6 Å². The van der Waals surface area contributed by atoms with Gasteiger partial charge >= 0.3 is 5.97 Å². The SMILES string of the molecule is COc1nncc(-c2ccc(Cl)o2)c1C(=O)O. The average Bonchev–Trinajstić information content (AvgIpc) is 2.74. The molecule has 0 aliphatic carbocycles. The third kappa shape index (κ3) is 2.07. The minimum Gasteiger partial charge on any atom is -0.479 e. The van der Waals surface area contributed by atoms with Crippen LogP contribution in [0.25, 0.3) is 11.3 Å². The van der Waals surface area contributed by atoms with Gasteiger partial charge in [-0.05, 0) is 23.7 Å². The summed E-state index contributed by atoms with van der Waals surface area (Å²) in [6.07, 6.45) is 1.28. The van der Waals surface area contributed by atoms with E-state index in [1.165, 1.54) is 19.4 Å². The van der Waals surface area contributed by atoms with Gasteiger partial charge in [0, 0.05) is 0 Å². The number of aromatic carboxylic acids is 1. The fourth-order valence-electron chi connectivity index (χ4n) is 1.36. The first-order valence-corrected chi connectivity index (χ1v) is 4.90. The summed E-state index contributed by atoms with van der Waals surface area (Å²) in [5, 5.41) is 16.5. The van der Waals surface area contributed by atoms with Gasteiger partial charge in [-0.2, -0.15) is 5.10 Å². The predicted octanol–water partition coefficient (Wildman–Crippen LogP) is 2.10. The van der Waals surface area contributed by atoms with Gasteiger partial charge in [-0.1, -0.05) is 0 Å². The molecule has 2 aromatic rings. The lowest BCUT2D eigenvalue weighted by molar-refractivity contribution is 0.0692. The number of nitrogens with zero attached hydrogens (tertiary/aromatic N) is 2. The van der Waals surface area contributed by atoms with E-state index in [-0.39, 0.29) is 22.2 Å². The molecule has 0 amide bonds. The Labute approximate surface area is 101 Å². The Morgan fingerprint density at radius 1 is 1.53 bits per heavy atom. The summed E-state index contributed by atoms with van der Waals surface area (Å²) in [7, 11) is 1.31. The highest BCUT2D eigenvalue weighted by Gasteiger charge is 2.21. The Balaban J connectivity index is 2.65. The van der Waals surface area contributed by atoms with E-state index in [1.807, 2.05) is 0 Å². The lowest BCUT2D eigenvalue weighted by Gasteiger charge is -2.05. The van der Waals surface area contributed by atoms with E-state index in [1.54, 1.807) is 6.07 Å². The number of halogens is 1. The van der Waals surface area contributed by atoms with Crippen LogP contribution in [0.4, 0.5) is 0 Å². The van der Waals surface area contributed by atoms with E-state index in [4.69, 9.17) is 25.9 Å². The molecule has 0 unspecified atom stereocenters. The third-order valence-electron chi connectivity index (χ3n) is 2.06. The molecule has 0 aromatic carbocycles. The number of aromatic nitrogens is 2. The van der Waals surface area contributed by atoms with Gasteiger partial charge in [0.1, 0.15) is 11.3 Å². The largest absolute Gasteiger partial charge is 0.479 e. The number of methoxy groups -OCH3 is 1. The maximum atomic E-state index is 11.2. The zero-order chi connectivity index (χ0) is 12.4. The standard InChI is InChI=1S/C10H7ClN2O4/c1-16-9-8(10(14)15)5(4-12-13-9)6-2-3-7(11)17-6/h2-4H,1H3,(H,14,15). The zero-order valence-corrected chi connectivity index (χ0v) is 9.43. The van der Waals surface area contributed by atoms with Gasteiger partial charge in [0.15, 0.2) is 5.22 Å². The Hall–Kier alpha value is -2.08. The van der Waals surface area contributed by atoms with Crippen molar-refractivity contribution in [3.8, 4) is 17.2 Å². The van der Waals surface area contributed by atoms with Crippen molar-refractivity contribution < 1.29 is 19.1 Å². The van der Waals surface area contributed by atoms with E-state index >= 15 is 0 Å². The molecule has 0 radical (unpaired) electrons. The molecule has 0 bridgehead atoms. The molecule has 0 aliphatic rings. The summed E-state index contributed by atoms with van der Waals surface area (Å²) in [4.78, 5) is 11.2. The normalized spacial score (nSPS) is 10.2. The van der Waals surface area contributed by atoms with E-state index < -0.39 is 5.97 Å². The fourth-order valence-corrected chi connectivity index (χ4v) is 1.51. The van der Waals surface area contributed by atoms with Gasteiger partial charge in [-0.25, -0.2) is 4.79 Å². The van der Waals surface area contributed by atoms with Crippen LogP contribution in [0.15, 0.2) is 22.7 Å². The average molecular weight is 255 g/mol. The van der Waals surface area contributed by atoms with Crippen molar-refractivity contribution in [1.29, 1.82) is 0 Å². The molecular weight excluding hydrogens is 248 g/mol. The highest BCUT2D eigenvalue weighted by Crippen LogP contribution is 2.30. The maximum Gasteiger partial charge on any atom is 0.342 e. The first-order chi connectivity index (χ1) is 8.13. The quantitative estimate of drug-likeness (QED) is 0.903. The summed E-state index contributed by atoms with van der Waals surface area (Å²) in [6, 6.07) is 3.06. The Morgan fingerprint density at radius 2 is 2.29 bits per heavy atom. The second-order valence-corrected chi connectivity index (χ2v) is 3.42. The Kier molecular flexibility index (Phi) is 2.97. The van der Waals surface area contributed by atoms with Gasteiger partial charge in [-0.3, -0.25) is 0 Å². The van der Waals surface area contributed by atoms with Crippen LogP contribution in [-0.2, 0) is 0 Å². The summed E-state index contributed by atoms with van der Waals surface area (Å²) in [6.45, 7) is 0. The molecule has 88 valence electrons. The number of ether oxygens (including phenoxy) is 1. The lowest BCUT2D eigenvalue weighted by Crippen LogP contribution is -2.06. The molecule has 0 saturated heterocycles. The van der Waals surface area contributed by atoms with Crippen molar-refractivity contribution in [3.05, 3.63) is 29.1 Å². The molecule has 6 nitrogen and oxygen atoms in total. The molecule has 17 heavy (non-hydrogen) atoms. The van der Waals surface area contributed by atoms with Crippen molar-refractivity contribution in [2.24, 2.45) is 0 Å². The molecule has 0 fully saturated rings. The van der Waals surface area contributed by atoms with E-state index in [0.717, 1.165) is 0 Å². The van der Waals surface area contributed by atoms with Gasteiger partial charge in [0.25, 0.3) is 0 Å². The summed E-state index contributed by atoms with van der Waals surface area (Å²) in [5.74, 6) is -0.970. The second kappa shape index (κ2) is 4.42. The fraction of sp³-hybridized carbons (Fsp3) is 0.100. The van der Waals surface area contributed by atoms with E-state index in [9.17, 15) is 4.79 Å². The van der Waals surface area contributed by atoms with Crippen molar-refractivity contribution in [2.75, 3.05) is 7.11 Å². The van der Waals surface area contributed by atoms with Crippen molar-refractivity contribution in [2.45, 2.75) is 0 Å². The number of furan rings is 1. The Bertz CT molecular complexity index is 567. The molecule has 2 heterocycles. The first kappa shape index (κ1) is 11.4. The van der Waals surface area contributed by atoms with Crippen LogP contribution < -0.4 is 4.74 Å². The zero-order valence-electron chi connectivity index (χ0n) is 8.68. The molecule has 0 spiro atoms. The van der Waals surface area contributed by atoms with Crippen LogP contribution in [0.3, 0.4) is 0 Å². The highest BCUT2D eigenvalue weighted by molar-refractivity contribution is 6.29. The summed E-state index contributed by atoms with van der Waals surface area (Å²) in [5.41, 5.74) is 0.143. The monoisotopic (exact) mass is 254 g/mol. The number of hydrogen-bond donors (Lipinski definition) is 1. The van der Waals surface area contributed by atoms with Gasteiger partial charge in [0.05, 0.1) is 18.9 Å². The molecule has 0 atom stereocenters. The minimum absolute atomic E-state index is 0.0810. The van der Waals surface area contributed by atoms with Crippen LogP contribution in [0.1, 0.15) is 10.4 Å². The number of hydrogen-bond acceptors (Lipinski definition) is 5. The molecular formula is C10H7ClN2O4. The van der Waals surface area contributed by atoms with Crippen LogP contribution >= 0.6 is 11.6 Å². The third-order valence-corrected chi connectivity index (χ3v) is 2.27. The number of carbonyl (C=O) groups is 1. The first-order valence-electron chi connectivity index (χ1n) is 4.52. The number of carboxylic acids is 1. The smallest absolute Gasteiger partial charge is 0.342 e. The predicted molar refractivity (Wildman–Crippen MR) is 58.3 cm³/mol. The van der Waals surface area contributed by atoms with Gasteiger partial charge < -0.3 is 14.3 Å². The molecule has 0 saturated carbocycles. The van der Waals surface area contributed by atoms with E-state index in [0.29, 0.717) is 5.76 Å². The van der Waals surface area contributed by atoms with Crippen LogP contribution in [0.5, 0.6) is 5.88 Å². The van der Waals surface area contributed by atoms with Gasteiger partial charge in [0.2, 0.25) is 5.88 Å². The second-order valence-electron chi connectivity index (χ2n) is 3.05. The van der Waals surface area contributed by atoms with Crippen molar-refractivity contribution in [1.82, 2.24) is 10.2 Å². The summed E-state index contributed by atoms with van der Waals surface area (Å²) >= 11 is 5.63. The topological polar surface area (TPSA) is 85.5 Å². The van der Waals surface area contributed by atoms with Crippen molar-refractivity contribution in [3.63, 3.8) is 0 Å². The number of rotatable bonds is 3. The molecule has 7 heteroatoms. The van der Waals surface area contributed by atoms with Gasteiger partial charge in [-0.15, -0.1) is 5.10 Å². The van der Waals surface area contributed by atoms with Crippen LogP contribution in [-0.4, -0.2) is 28.4 Å². The number of carboxylic acid groups (broad SMARTS) is 1. The highest BCUT2D eigenvalue weighted by atomic mass is 35.5.